The Hall–Kier alpha value is -2.02. The second-order valence-corrected chi connectivity index (χ2v) is 2.42. The molecule has 0 radical (unpaired) electrons. The molecule has 4 nitrogen and oxygen atoms in total. The molecule has 0 saturated carbocycles. The number of nitrogens with zero attached hydrogens (tertiary/aromatic N) is 1. The summed E-state index contributed by atoms with van der Waals surface area (Å²) in [6.45, 7) is 0. The first kappa shape index (κ1) is 9.07. The van der Waals surface area contributed by atoms with Crippen LogP contribution in [0.1, 0.15) is 12.0 Å². The van der Waals surface area contributed by atoms with Gasteiger partial charge in [0.25, 0.3) is 0 Å². The molecule has 13 heavy (non-hydrogen) atoms. The highest BCUT2D eigenvalue weighted by atomic mass is 16.1. The maximum atomic E-state index is 10.3. The minimum atomic E-state index is -0.434. The average molecular weight is 175 g/mol. The quantitative estimate of drug-likeness (QED) is 0.584. The van der Waals surface area contributed by atoms with Gasteiger partial charge in [0.05, 0.1) is 6.42 Å². The van der Waals surface area contributed by atoms with Crippen LogP contribution in [-0.2, 0) is 4.79 Å². The van der Waals surface area contributed by atoms with Gasteiger partial charge in [-0.2, -0.15) is 0 Å². The Labute approximate surface area is 76.0 Å². The summed E-state index contributed by atoms with van der Waals surface area (Å²) in [6.07, 6.45) is 1.60. The number of amides is 1. The Morgan fingerprint density at radius 2 is 2.31 bits per heavy atom. The zero-order valence-electron chi connectivity index (χ0n) is 6.95. The van der Waals surface area contributed by atoms with Gasteiger partial charge in [0, 0.05) is 11.8 Å². The van der Waals surface area contributed by atoms with E-state index in [1.165, 1.54) is 0 Å². The van der Waals surface area contributed by atoms with Gasteiger partial charge in [0.2, 0.25) is 5.91 Å². The van der Waals surface area contributed by atoms with Crippen molar-refractivity contribution in [1.82, 2.24) is 4.98 Å². The number of nitrogens with two attached hydrogens (primary N) is 2. The second-order valence-electron chi connectivity index (χ2n) is 2.42. The van der Waals surface area contributed by atoms with Gasteiger partial charge >= 0.3 is 0 Å². The molecule has 0 spiro atoms. The first-order valence-electron chi connectivity index (χ1n) is 3.67. The molecule has 66 valence electrons. The van der Waals surface area contributed by atoms with E-state index in [2.05, 4.69) is 16.8 Å². The Morgan fingerprint density at radius 1 is 1.54 bits per heavy atom. The second kappa shape index (κ2) is 4.12. The smallest absolute Gasteiger partial charge is 0.229 e. The van der Waals surface area contributed by atoms with E-state index in [1.54, 1.807) is 18.3 Å². The zero-order valence-corrected chi connectivity index (χ0v) is 6.95. The molecule has 0 aliphatic rings. The van der Waals surface area contributed by atoms with Crippen LogP contribution in [-0.4, -0.2) is 10.9 Å². The lowest BCUT2D eigenvalue weighted by Gasteiger charge is -1.90. The summed E-state index contributed by atoms with van der Waals surface area (Å²) < 4.78 is 0. The lowest BCUT2D eigenvalue weighted by molar-refractivity contribution is -0.117. The number of hydrogen-bond donors (Lipinski definition) is 2. The predicted molar refractivity (Wildman–Crippen MR) is 49.3 cm³/mol. The van der Waals surface area contributed by atoms with Gasteiger partial charge in [-0.05, 0) is 12.1 Å². The molecule has 4 N–H and O–H groups in total. The normalized spacial score (nSPS) is 8.62. The number of hydrogen-bond acceptors (Lipinski definition) is 3. The summed E-state index contributed by atoms with van der Waals surface area (Å²) >= 11 is 0. The van der Waals surface area contributed by atoms with E-state index >= 15 is 0 Å². The van der Waals surface area contributed by atoms with Gasteiger partial charge in [-0.3, -0.25) is 4.79 Å². The minimum absolute atomic E-state index is 0.0599. The molecular weight excluding hydrogens is 166 g/mol. The molecule has 1 aromatic rings. The van der Waals surface area contributed by atoms with Gasteiger partial charge in [0.1, 0.15) is 5.82 Å². The molecule has 0 aliphatic carbocycles. The van der Waals surface area contributed by atoms with Gasteiger partial charge < -0.3 is 11.5 Å². The Morgan fingerprint density at radius 3 is 2.85 bits per heavy atom. The SMILES string of the molecule is NC(=O)CC#Cc1ccc(N)nc1. The van der Waals surface area contributed by atoms with Crippen molar-refractivity contribution in [2.75, 3.05) is 5.73 Å². The Balaban J connectivity index is 2.67. The van der Waals surface area contributed by atoms with Crippen molar-refractivity contribution in [3.05, 3.63) is 23.9 Å². The third-order valence-corrected chi connectivity index (χ3v) is 1.28. The van der Waals surface area contributed by atoms with Crippen molar-refractivity contribution in [1.29, 1.82) is 0 Å². The molecule has 0 aromatic carbocycles. The Bertz CT molecular complexity index is 359. The average Bonchev–Trinajstić information content (AvgIpc) is 2.08. The molecule has 4 heteroatoms. The Kier molecular flexibility index (Phi) is 2.87. The molecule has 0 bridgehead atoms. The fraction of sp³-hybridized carbons (Fsp3) is 0.111. The third kappa shape index (κ3) is 3.25. The van der Waals surface area contributed by atoms with Crippen LogP contribution < -0.4 is 11.5 Å². The topological polar surface area (TPSA) is 82.0 Å². The van der Waals surface area contributed by atoms with E-state index in [0.717, 1.165) is 5.56 Å². The summed E-state index contributed by atoms with van der Waals surface area (Å²) in [6, 6.07) is 3.38. The number of rotatable bonds is 1. The van der Waals surface area contributed by atoms with E-state index in [4.69, 9.17) is 11.5 Å². The van der Waals surface area contributed by atoms with E-state index in [9.17, 15) is 4.79 Å². The van der Waals surface area contributed by atoms with Gasteiger partial charge in [0.15, 0.2) is 0 Å². The lowest BCUT2D eigenvalue weighted by Crippen LogP contribution is -2.08. The highest BCUT2D eigenvalue weighted by Crippen LogP contribution is 1.98. The number of carbonyl (C=O) groups is 1. The number of nitrogen functional groups attached to an aromatic ring is 1. The van der Waals surface area contributed by atoms with Gasteiger partial charge in [-0.15, -0.1) is 0 Å². The van der Waals surface area contributed by atoms with Crippen LogP contribution in [0, 0.1) is 11.8 Å². The van der Waals surface area contributed by atoms with Crippen LogP contribution in [0.25, 0.3) is 0 Å². The van der Waals surface area contributed by atoms with Crippen molar-refractivity contribution in [2.24, 2.45) is 5.73 Å². The first-order chi connectivity index (χ1) is 6.18. The lowest BCUT2D eigenvalue weighted by atomic mass is 10.2. The maximum Gasteiger partial charge on any atom is 0.229 e. The molecule has 1 amide bonds. The fourth-order valence-corrected chi connectivity index (χ4v) is 0.713. The molecule has 0 atom stereocenters. The van der Waals surface area contributed by atoms with Crippen LogP contribution in [0.5, 0.6) is 0 Å². The van der Waals surface area contributed by atoms with E-state index in [0.29, 0.717) is 5.82 Å². The molecule has 0 saturated heterocycles. The summed E-state index contributed by atoms with van der Waals surface area (Å²) in [5, 5.41) is 0. The van der Waals surface area contributed by atoms with Crippen molar-refractivity contribution in [3.63, 3.8) is 0 Å². The summed E-state index contributed by atoms with van der Waals surface area (Å²) in [5.74, 6) is 5.36. The van der Waals surface area contributed by atoms with Crippen LogP contribution in [0.2, 0.25) is 0 Å². The van der Waals surface area contributed by atoms with Crippen LogP contribution in [0.15, 0.2) is 18.3 Å². The molecule has 1 heterocycles. The number of carbonyl (C=O) groups excluding carboxylic acids is 1. The minimum Gasteiger partial charge on any atom is -0.384 e. The van der Waals surface area contributed by atoms with Crippen molar-refractivity contribution in [2.45, 2.75) is 6.42 Å². The first-order valence-corrected chi connectivity index (χ1v) is 3.67. The van der Waals surface area contributed by atoms with E-state index < -0.39 is 5.91 Å². The van der Waals surface area contributed by atoms with Crippen molar-refractivity contribution in [3.8, 4) is 11.8 Å². The highest BCUT2D eigenvalue weighted by Gasteiger charge is 1.88. The summed E-state index contributed by atoms with van der Waals surface area (Å²) in [5.41, 5.74) is 11.0. The molecular formula is C9H9N3O. The third-order valence-electron chi connectivity index (χ3n) is 1.28. The molecule has 0 aliphatic heterocycles. The molecule has 1 rings (SSSR count). The molecule has 0 unspecified atom stereocenters. The number of aromatic nitrogens is 1. The van der Waals surface area contributed by atoms with Crippen LogP contribution in [0.3, 0.4) is 0 Å². The maximum absolute atomic E-state index is 10.3. The van der Waals surface area contributed by atoms with Crippen LogP contribution >= 0.6 is 0 Å². The predicted octanol–water partition coefficient (Wildman–Crippen LogP) is -0.109. The number of anilines is 1. The summed E-state index contributed by atoms with van der Waals surface area (Å²) in [4.78, 5) is 14.2. The zero-order chi connectivity index (χ0) is 9.68. The van der Waals surface area contributed by atoms with Gasteiger partial charge in [-0.1, -0.05) is 11.8 Å². The van der Waals surface area contributed by atoms with Crippen molar-refractivity contribution < 1.29 is 4.79 Å². The monoisotopic (exact) mass is 175 g/mol. The largest absolute Gasteiger partial charge is 0.384 e. The fourth-order valence-electron chi connectivity index (χ4n) is 0.713. The van der Waals surface area contributed by atoms with Gasteiger partial charge in [-0.25, -0.2) is 4.98 Å². The highest BCUT2D eigenvalue weighted by molar-refractivity contribution is 5.76. The summed E-state index contributed by atoms with van der Waals surface area (Å²) in [7, 11) is 0. The van der Waals surface area contributed by atoms with E-state index in [-0.39, 0.29) is 6.42 Å². The van der Waals surface area contributed by atoms with Crippen LogP contribution in [0.4, 0.5) is 5.82 Å². The number of primary amides is 1. The molecule has 0 fully saturated rings. The van der Waals surface area contributed by atoms with Crippen molar-refractivity contribution >= 4 is 11.7 Å². The number of pyridine rings is 1. The van der Waals surface area contributed by atoms with E-state index in [1.807, 2.05) is 0 Å². The standard InChI is InChI=1S/C9H9N3O/c10-8-5-4-7(6-12-8)2-1-3-9(11)13/h4-6H,3H2,(H2,10,12)(H2,11,13). The molecule has 1 aromatic heterocycles.